The standard InChI is InChI=1S/C19H14ClN3O3S2/c1-3-26-19(25)15-10(2)13(8-21)18(28-15)23-16(24)14-9-27-17(22-14)11-4-6-12(20)7-5-11/h4-7,9H,3H2,1-2H3,(H,23,24). The maximum absolute atomic E-state index is 12.6. The van der Waals surface area contributed by atoms with Gasteiger partial charge in [0.15, 0.2) is 0 Å². The van der Waals surface area contributed by atoms with Crippen molar-refractivity contribution in [3.8, 4) is 16.6 Å². The Morgan fingerprint density at radius 2 is 2.04 bits per heavy atom. The third-order valence-corrected chi connectivity index (χ3v) is 6.11. The van der Waals surface area contributed by atoms with E-state index in [1.807, 2.05) is 18.2 Å². The second-order valence-electron chi connectivity index (χ2n) is 5.59. The van der Waals surface area contributed by atoms with Crippen LogP contribution in [-0.4, -0.2) is 23.5 Å². The fourth-order valence-corrected chi connectivity index (χ4v) is 4.38. The Hall–Kier alpha value is -2.73. The van der Waals surface area contributed by atoms with E-state index < -0.39 is 11.9 Å². The molecule has 1 amide bonds. The van der Waals surface area contributed by atoms with Crippen molar-refractivity contribution in [1.29, 1.82) is 5.26 Å². The van der Waals surface area contributed by atoms with Gasteiger partial charge in [-0.05, 0) is 31.5 Å². The molecule has 0 saturated carbocycles. The maximum atomic E-state index is 12.6. The molecule has 0 aliphatic heterocycles. The summed E-state index contributed by atoms with van der Waals surface area (Å²) in [5.74, 6) is -0.967. The highest BCUT2D eigenvalue weighted by atomic mass is 35.5. The van der Waals surface area contributed by atoms with Gasteiger partial charge in [-0.2, -0.15) is 5.26 Å². The van der Waals surface area contributed by atoms with Crippen LogP contribution in [0.1, 0.15) is 38.2 Å². The number of amides is 1. The van der Waals surface area contributed by atoms with E-state index in [1.54, 1.807) is 31.4 Å². The van der Waals surface area contributed by atoms with Gasteiger partial charge in [0.2, 0.25) is 0 Å². The topological polar surface area (TPSA) is 92.1 Å². The van der Waals surface area contributed by atoms with Crippen LogP contribution in [0.4, 0.5) is 5.00 Å². The lowest BCUT2D eigenvalue weighted by Gasteiger charge is -2.00. The van der Waals surface area contributed by atoms with Gasteiger partial charge in [-0.15, -0.1) is 22.7 Å². The third kappa shape index (κ3) is 4.07. The normalized spacial score (nSPS) is 10.4. The average molecular weight is 432 g/mol. The molecule has 0 aliphatic carbocycles. The van der Waals surface area contributed by atoms with Crippen LogP contribution in [0.5, 0.6) is 0 Å². The number of ether oxygens (including phenoxy) is 1. The van der Waals surface area contributed by atoms with E-state index >= 15 is 0 Å². The van der Waals surface area contributed by atoms with Crippen LogP contribution < -0.4 is 5.32 Å². The van der Waals surface area contributed by atoms with Crippen molar-refractivity contribution in [2.75, 3.05) is 11.9 Å². The van der Waals surface area contributed by atoms with Crippen LogP contribution in [0.2, 0.25) is 5.02 Å². The van der Waals surface area contributed by atoms with Crippen molar-refractivity contribution < 1.29 is 14.3 Å². The Balaban J connectivity index is 1.84. The first kappa shape index (κ1) is 20.0. The molecule has 9 heteroatoms. The van der Waals surface area contributed by atoms with Crippen LogP contribution in [0.3, 0.4) is 0 Å². The molecule has 28 heavy (non-hydrogen) atoms. The summed E-state index contributed by atoms with van der Waals surface area (Å²) in [7, 11) is 0. The van der Waals surface area contributed by atoms with Crippen molar-refractivity contribution in [2.45, 2.75) is 13.8 Å². The van der Waals surface area contributed by atoms with Crippen LogP contribution in [0.15, 0.2) is 29.6 Å². The molecule has 0 aliphatic rings. The Morgan fingerprint density at radius 1 is 1.32 bits per heavy atom. The molecule has 0 spiro atoms. The van der Waals surface area contributed by atoms with E-state index in [1.165, 1.54) is 11.3 Å². The number of thiophene rings is 1. The highest BCUT2D eigenvalue weighted by molar-refractivity contribution is 7.18. The summed E-state index contributed by atoms with van der Waals surface area (Å²) in [6.07, 6.45) is 0. The molecule has 0 atom stereocenters. The van der Waals surface area contributed by atoms with Gasteiger partial charge in [0.1, 0.15) is 26.6 Å². The first-order valence-corrected chi connectivity index (χ1v) is 10.3. The third-order valence-electron chi connectivity index (χ3n) is 3.77. The predicted molar refractivity (Wildman–Crippen MR) is 110 cm³/mol. The molecule has 3 rings (SSSR count). The van der Waals surface area contributed by atoms with Gasteiger partial charge in [-0.25, -0.2) is 9.78 Å². The molecule has 0 saturated heterocycles. The van der Waals surface area contributed by atoms with Crippen LogP contribution in [0.25, 0.3) is 10.6 Å². The number of nitriles is 1. The van der Waals surface area contributed by atoms with Gasteiger partial charge in [-0.3, -0.25) is 4.79 Å². The van der Waals surface area contributed by atoms with Gasteiger partial charge in [-0.1, -0.05) is 23.7 Å². The summed E-state index contributed by atoms with van der Waals surface area (Å²) in [6.45, 7) is 3.58. The van der Waals surface area contributed by atoms with Crippen LogP contribution in [0, 0.1) is 18.3 Å². The molecule has 0 bridgehead atoms. The minimum absolute atomic E-state index is 0.225. The number of rotatable bonds is 5. The Kier molecular flexibility index (Phi) is 6.09. The zero-order chi connectivity index (χ0) is 20.3. The number of aromatic nitrogens is 1. The molecular weight excluding hydrogens is 418 g/mol. The quantitative estimate of drug-likeness (QED) is 0.565. The number of thiazole rings is 1. The van der Waals surface area contributed by atoms with Gasteiger partial charge < -0.3 is 10.1 Å². The first-order chi connectivity index (χ1) is 13.4. The number of carbonyl (C=O) groups is 2. The lowest BCUT2D eigenvalue weighted by atomic mass is 10.2. The van der Waals surface area contributed by atoms with Crippen LogP contribution in [-0.2, 0) is 4.74 Å². The summed E-state index contributed by atoms with van der Waals surface area (Å²) < 4.78 is 5.00. The average Bonchev–Trinajstić information content (AvgIpc) is 3.28. The molecule has 3 aromatic rings. The molecule has 0 radical (unpaired) electrons. The summed E-state index contributed by atoms with van der Waals surface area (Å²) >= 11 is 8.24. The number of nitrogens with zero attached hydrogens (tertiary/aromatic N) is 2. The molecule has 2 heterocycles. The molecule has 1 aromatic carbocycles. The van der Waals surface area contributed by atoms with E-state index in [9.17, 15) is 14.9 Å². The highest BCUT2D eigenvalue weighted by Crippen LogP contribution is 2.33. The van der Waals surface area contributed by atoms with E-state index in [2.05, 4.69) is 10.3 Å². The van der Waals surface area contributed by atoms with Crippen molar-refractivity contribution in [2.24, 2.45) is 0 Å². The number of hydrogen-bond acceptors (Lipinski definition) is 7. The SMILES string of the molecule is CCOC(=O)c1sc(NC(=O)c2csc(-c3ccc(Cl)cc3)n2)c(C#N)c1C. The maximum Gasteiger partial charge on any atom is 0.348 e. The molecule has 142 valence electrons. The fourth-order valence-electron chi connectivity index (χ4n) is 2.40. The van der Waals surface area contributed by atoms with Gasteiger partial charge in [0.05, 0.1) is 12.2 Å². The number of hydrogen-bond donors (Lipinski definition) is 1. The number of benzene rings is 1. The number of nitrogens with one attached hydrogen (secondary N) is 1. The minimum atomic E-state index is -0.513. The van der Waals surface area contributed by atoms with Gasteiger partial charge in [0, 0.05) is 16.0 Å². The smallest absolute Gasteiger partial charge is 0.348 e. The van der Waals surface area contributed by atoms with E-state index in [0.717, 1.165) is 16.9 Å². The molecule has 2 aromatic heterocycles. The summed E-state index contributed by atoms with van der Waals surface area (Å²) in [5.41, 5.74) is 1.81. The lowest BCUT2D eigenvalue weighted by molar-refractivity contribution is 0.0531. The fraction of sp³-hybridized carbons (Fsp3) is 0.158. The first-order valence-electron chi connectivity index (χ1n) is 8.18. The second kappa shape index (κ2) is 8.52. The monoisotopic (exact) mass is 431 g/mol. The zero-order valence-corrected chi connectivity index (χ0v) is 17.3. The van der Waals surface area contributed by atoms with Crippen molar-refractivity contribution in [3.63, 3.8) is 0 Å². The number of halogens is 1. The summed E-state index contributed by atoms with van der Waals surface area (Å²) in [5, 5.41) is 15.3. The van der Waals surface area contributed by atoms with E-state index in [4.69, 9.17) is 16.3 Å². The van der Waals surface area contributed by atoms with E-state index in [0.29, 0.717) is 25.5 Å². The Bertz CT molecular complexity index is 1080. The van der Waals surface area contributed by atoms with Gasteiger partial charge >= 0.3 is 5.97 Å². The predicted octanol–water partition coefficient (Wildman–Crippen LogP) is 5.13. The van der Waals surface area contributed by atoms with Gasteiger partial charge in [0.25, 0.3) is 5.91 Å². The zero-order valence-electron chi connectivity index (χ0n) is 14.9. The Labute approximate surface area is 174 Å². The van der Waals surface area contributed by atoms with Crippen molar-refractivity contribution in [3.05, 3.63) is 56.4 Å². The summed E-state index contributed by atoms with van der Waals surface area (Å²) in [6, 6.07) is 9.19. The lowest BCUT2D eigenvalue weighted by Crippen LogP contribution is -2.12. The van der Waals surface area contributed by atoms with Crippen molar-refractivity contribution >= 4 is 51.2 Å². The summed E-state index contributed by atoms with van der Waals surface area (Å²) in [4.78, 5) is 29.3. The molecule has 6 nitrogen and oxygen atoms in total. The van der Waals surface area contributed by atoms with Crippen LogP contribution >= 0.6 is 34.3 Å². The number of esters is 1. The second-order valence-corrected chi connectivity index (χ2v) is 7.91. The molecule has 0 fully saturated rings. The highest BCUT2D eigenvalue weighted by Gasteiger charge is 2.23. The number of anilines is 1. The largest absolute Gasteiger partial charge is 0.462 e. The minimum Gasteiger partial charge on any atom is -0.462 e. The molecule has 0 unspecified atom stereocenters. The number of carbonyl (C=O) groups excluding carboxylic acids is 2. The van der Waals surface area contributed by atoms with Crippen molar-refractivity contribution in [1.82, 2.24) is 4.98 Å². The van der Waals surface area contributed by atoms with E-state index in [-0.39, 0.29) is 17.9 Å². The molecule has 1 N–H and O–H groups in total. The molecular formula is C19H14ClN3O3S2. The Morgan fingerprint density at radius 3 is 2.68 bits per heavy atom.